The average molecular weight is 365 g/mol. The van der Waals surface area contributed by atoms with Crippen molar-refractivity contribution in [1.82, 2.24) is 4.31 Å². The third-order valence-corrected chi connectivity index (χ3v) is 5.22. The third-order valence-electron chi connectivity index (χ3n) is 3.38. The number of nitrogens with one attached hydrogen (secondary N) is 1. The van der Waals surface area contributed by atoms with Gasteiger partial charge in [-0.1, -0.05) is 12.1 Å². The Morgan fingerprint density at radius 2 is 1.88 bits per heavy atom. The van der Waals surface area contributed by atoms with Gasteiger partial charge in [-0.25, -0.2) is 12.7 Å². The number of sulfonamides is 1. The van der Waals surface area contributed by atoms with Crippen LogP contribution in [0.2, 0.25) is 0 Å². The van der Waals surface area contributed by atoms with Crippen LogP contribution in [0.3, 0.4) is 0 Å². The van der Waals surface area contributed by atoms with E-state index in [0.29, 0.717) is 12.3 Å². The Balaban J connectivity index is 2.50. The van der Waals surface area contributed by atoms with Crippen molar-refractivity contribution in [2.75, 3.05) is 26.0 Å². The monoisotopic (exact) mass is 365 g/mol. The van der Waals surface area contributed by atoms with Gasteiger partial charge in [0, 0.05) is 25.8 Å². The number of hydrogen-bond acceptors (Lipinski definition) is 6. The first-order valence-corrected chi connectivity index (χ1v) is 8.91. The van der Waals surface area contributed by atoms with Crippen molar-refractivity contribution in [2.45, 2.75) is 11.8 Å². The van der Waals surface area contributed by atoms with Gasteiger partial charge in [-0.3, -0.25) is 10.1 Å². The summed E-state index contributed by atoms with van der Waals surface area (Å²) < 4.78 is 31.5. The smallest absolute Gasteiger partial charge is 0.292 e. The summed E-state index contributed by atoms with van der Waals surface area (Å²) in [4.78, 5) is 10.6. The maximum absolute atomic E-state index is 12.5. The van der Waals surface area contributed by atoms with Gasteiger partial charge in [0.2, 0.25) is 10.0 Å². The number of anilines is 2. The number of nitro benzene ring substituents is 1. The van der Waals surface area contributed by atoms with E-state index < -0.39 is 14.9 Å². The second-order valence-electron chi connectivity index (χ2n) is 5.28. The summed E-state index contributed by atoms with van der Waals surface area (Å²) in [6, 6.07) is 10.7. The lowest BCUT2D eigenvalue weighted by atomic mass is 10.2. The SMILES string of the molecule is CCOc1ccc(Nc2ccccc2[N+](=O)[O-])cc1S(=O)(=O)N(C)C. The van der Waals surface area contributed by atoms with Gasteiger partial charge in [0.05, 0.1) is 11.5 Å². The Kier molecular flexibility index (Phi) is 5.60. The summed E-state index contributed by atoms with van der Waals surface area (Å²) in [6.45, 7) is 2.07. The van der Waals surface area contributed by atoms with Crippen LogP contribution in [0.5, 0.6) is 5.75 Å². The summed E-state index contributed by atoms with van der Waals surface area (Å²) in [6.07, 6.45) is 0. The number of para-hydroxylation sites is 2. The topological polar surface area (TPSA) is 102 Å². The molecule has 0 spiro atoms. The Bertz CT molecular complexity index is 881. The molecule has 0 amide bonds. The minimum Gasteiger partial charge on any atom is -0.492 e. The van der Waals surface area contributed by atoms with Crippen molar-refractivity contribution in [3.63, 3.8) is 0 Å². The standard InChI is InChI=1S/C16H19N3O5S/c1-4-24-15-10-9-12(11-16(15)25(22,23)18(2)3)17-13-7-5-6-8-14(13)19(20)21/h5-11,17H,4H2,1-3H3. The number of benzene rings is 2. The number of nitrogens with zero attached hydrogens (tertiary/aromatic N) is 2. The molecule has 2 aromatic carbocycles. The molecule has 134 valence electrons. The minimum absolute atomic E-state index is 0.0112. The summed E-state index contributed by atoms with van der Waals surface area (Å²) in [5.74, 6) is 0.226. The van der Waals surface area contributed by atoms with E-state index >= 15 is 0 Å². The maximum Gasteiger partial charge on any atom is 0.292 e. The average Bonchev–Trinajstić information content (AvgIpc) is 2.56. The maximum atomic E-state index is 12.5. The highest BCUT2D eigenvalue weighted by Crippen LogP contribution is 2.32. The Labute approximate surface area is 146 Å². The van der Waals surface area contributed by atoms with Crippen LogP contribution < -0.4 is 10.1 Å². The fraction of sp³-hybridized carbons (Fsp3) is 0.250. The molecule has 0 aliphatic rings. The lowest BCUT2D eigenvalue weighted by Gasteiger charge is -2.17. The van der Waals surface area contributed by atoms with Crippen LogP contribution in [0, 0.1) is 10.1 Å². The first-order chi connectivity index (χ1) is 11.8. The molecule has 25 heavy (non-hydrogen) atoms. The zero-order valence-corrected chi connectivity index (χ0v) is 14.9. The molecule has 0 saturated carbocycles. The predicted octanol–water partition coefficient (Wildman–Crippen LogP) is 2.99. The quantitative estimate of drug-likeness (QED) is 0.598. The molecule has 8 nitrogen and oxygen atoms in total. The van der Waals surface area contributed by atoms with Crippen LogP contribution in [0.15, 0.2) is 47.4 Å². The van der Waals surface area contributed by atoms with Crippen molar-refractivity contribution < 1.29 is 18.1 Å². The normalized spacial score (nSPS) is 11.4. The third kappa shape index (κ3) is 4.06. The van der Waals surface area contributed by atoms with E-state index in [-0.39, 0.29) is 22.0 Å². The zero-order chi connectivity index (χ0) is 18.6. The largest absolute Gasteiger partial charge is 0.492 e. The Hall–Kier alpha value is -2.65. The van der Waals surface area contributed by atoms with Gasteiger partial charge in [0.1, 0.15) is 16.3 Å². The van der Waals surface area contributed by atoms with E-state index in [1.165, 1.54) is 32.3 Å². The molecule has 0 unspecified atom stereocenters. The van der Waals surface area contributed by atoms with Gasteiger partial charge >= 0.3 is 0 Å². The van der Waals surface area contributed by atoms with Crippen LogP contribution in [0.1, 0.15) is 6.92 Å². The lowest BCUT2D eigenvalue weighted by Crippen LogP contribution is -2.23. The lowest BCUT2D eigenvalue weighted by molar-refractivity contribution is -0.383. The number of ether oxygens (including phenoxy) is 1. The molecule has 2 rings (SSSR count). The highest BCUT2D eigenvalue weighted by atomic mass is 32.2. The first-order valence-electron chi connectivity index (χ1n) is 7.47. The summed E-state index contributed by atoms with van der Waals surface area (Å²) in [5.41, 5.74) is 0.566. The van der Waals surface area contributed by atoms with Crippen molar-refractivity contribution in [2.24, 2.45) is 0 Å². The van der Waals surface area contributed by atoms with Crippen LogP contribution in [0.4, 0.5) is 17.1 Å². The first kappa shape index (κ1) is 18.7. The fourth-order valence-corrected chi connectivity index (χ4v) is 3.20. The van der Waals surface area contributed by atoms with Gasteiger partial charge in [-0.05, 0) is 31.2 Å². The van der Waals surface area contributed by atoms with Crippen molar-refractivity contribution in [3.05, 3.63) is 52.6 Å². The second kappa shape index (κ2) is 7.49. The van der Waals surface area contributed by atoms with Crippen molar-refractivity contribution in [3.8, 4) is 5.75 Å². The minimum atomic E-state index is -3.74. The Morgan fingerprint density at radius 3 is 2.48 bits per heavy atom. The van der Waals surface area contributed by atoms with E-state index in [1.807, 2.05) is 0 Å². The molecule has 0 bridgehead atoms. The summed E-state index contributed by atoms with van der Waals surface area (Å²) in [7, 11) is -0.889. The van der Waals surface area contributed by atoms with Crippen LogP contribution in [-0.4, -0.2) is 38.3 Å². The van der Waals surface area contributed by atoms with Gasteiger partial charge in [-0.15, -0.1) is 0 Å². The van der Waals surface area contributed by atoms with Gasteiger partial charge < -0.3 is 10.1 Å². The van der Waals surface area contributed by atoms with Crippen molar-refractivity contribution >= 4 is 27.1 Å². The highest BCUT2D eigenvalue weighted by molar-refractivity contribution is 7.89. The molecule has 0 saturated heterocycles. The van der Waals surface area contributed by atoms with Gasteiger partial charge in [-0.2, -0.15) is 0 Å². The number of hydrogen-bond donors (Lipinski definition) is 1. The molecule has 9 heteroatoms. The molecule has 1 N–H and O–H groups in total. The van der Waals surface area contributed by atoms with E-state index in [0.717, 1.165) is 4.31 Å². The molecule has 0 atom stereocenters. The zero-order valence-electron chi connectivity index (χ0n) is 14.1. The molecular formula is C16H19N3O5S. The number of rotatable bonds is 7. The van der Waals surface area contributed by atoms with Gasteiger partial charge in [0.15, 0.2) is 0 Å². The molecule has 0 fully saturated rings. The summed E-state index contributed by atoms with van der Waals surface area (Å²) >= 11 is 0. The van der Waals surface area contributed by atoms with Crippen LogP contribution >= 0.6 is 0 Å². The van der Waals surface area contributed by atoms with E-state index in [9.17, 15) is 18.5 Å². The predicted molar refractivity (Wildman–Crippen MR) is 94.9 cm³/mol. The molecule has 0 radical (unpaired) electrons. The van der Waals surface area contributed by atoms with Gasteiger partial charge in [0.25, 0.3) is 5.69 Å². The van der Waals surface area contributed by atoms with Crippen LogP contribution in [-0.2, 0) is 10.0 Å². The van der Waals surface area contributed by atoms with Crippen LogP contribution in [0.25, 0.3) is 0 Å². The molecule has 0 aliphatic heterocycles. The highest BCUT2D eigenvalue weighted by Gasteiger charge is 2.23. The second-order valence-corrected chi connectivity index (χ2v) is 7.40. The molecule has 0 aromatic heterocycles. The summed E-state index contributed by atoms with van der Waals surface area (Å²) in [5, 5.41) is 14.0. The van der Waals surface area contributed by atoms with E-state index in [2.05, 4.69) is 5.32 Å². The number of nitro groups is 1. The molecule has 0 aliphatic carbocycles. The molecular weight excluding hydrogens is 346 g/mol. The van der Waals surface area contributed by atoms with Crippen molar-refractivity contribution in [1.29, 1.82) is 0 Å². The Morgan fingerprint density at radius 1 is 1.20 bits per heavy atom. The van der Waals surface area contributed by atoms with E-state index in [4.69, 9.17) is 4.74 Å². The fourth-order valence-electron chi connectivity index (χ4n) is 2.15. The molecule has 0 heterocycles. The van der Waals surface area contributed by atoms with E-state index in [1.54, 1.807) is 31.2 Å². The molecule has 2 aromatic rings.